The Morgan fingerprint density at radius 3 is 2.84 bits per heavy atom. The summed E-state index contributed by atoms with van der Waals surface area (Å²) in [7, 11) is 2.01. The Labute approximate surface area is 121 Å². The Balaban J connectivity index is 2.32. The summed E-state index contributed by atoms with van der Waals surface area (Å²) in [5.41, 5.74) is 4.65. The highest BCUT2D eigenvalue weighted by molar-refractivity contribution is 7.98. The first kappa shape index (κ1) is 13.9. The minimum absolute atomic E-state index is 0.750. The summed E-state index contributed by atoms with van der Waals surface area (Å²) in [4.78, 5) is 8.63. The second-order valence-corrected chi connectivity index (χ2v) is 5.97. The van der Waals surface area contributed by atoms with Gasteiger partial charge in [0.1, 0.15) is 6.07 Å². The highest BCUT2D eigenvalue weighted by Gasteiger charge is 2.13. The Morgan fingerprint density at radius 1 is 1.47 bits per heavy atom. The molecule has 0 aliphatic heterocycles. The van der Waals surface area contributed by atoms with Gasteiger partial charge in [0.2, 0.25) is 0 Å². The van der Waals surface area contributed by atoms with E-state index in [1.807, 2.05) is 43.9 Å². The molecule has 0 unspecified atom stereocenters. The average molecular weight is 289 g/mol. The molecular weight excluding hydrogens is 274 g/mol. The lowest BCUT2D eigenvalue weighted by atomic mass is 10.1. The van der Waals surface area contributed by atoms with Crippen LogP contribution in [0.2, 0.25) is 0 Å². The van der Waals surface area contributed by atoms with Gasteiger partial charge in [-0.2, -0.15) is 5.26 Å². The molecule has 2 rings (SSSR count). The predicted octanol–water partition coefficient (Wildman–Crippen LogP) is 3.68. The van der Waals surface area contributed by atoms with Crippen molar-refractivity contribution in [1.82, 2.24) is 4.98 Å². The highest BCUT2D eigenvalue weighted by atomic mass is 32.2. The molecule has 1 aromatic heterocycles. The quantitative estimate of drug-likeness (QED) is 0.805. The lowest BCUT2D eigenvalue weighted by molar-refractivity contribution is 0.920. The van der Waals surface area contributed by atoms with Crippen molar-refractivity contribution in [3.05, 3.63) is 39.8 Å². The van der Waals surface area contributed by atoms with E-state index in [1.54, 1.807) is 23.1 Å². The number of hydrogen-bond acceptors (Lipinski definition) is 5. The Kier molecular flexibility index (Phi) is 4.46. The summed E-state index contributed by atoms with van der Waals surface area (Å²) in [6.45, 7) is 2.80. The summed E-state index contributed by atoms with van der Waals surface area (Å²) in [5.74, 6) is 0. The van der Waals surface area contributed by atoms with Crippen LogP contribution < -0.4 is 4.90 Å². The van der Waals surface area contributed by atoms with E-state index in [4.69, 9.17) is 0 Å². The van der Waals surface area contributed by atoms with Crippen LogP contribution in [0.15, 0.2) is 28.6 Å². The number of nitrogens with zero attached hydrogens (tertiary/aromatic N) is 3. The largest absolute Gasteiger partial charge is 0.368 e. The minimum atomic E-state index is 0.750. The molecule has 0 amide bonds. The van der Waals surface area contributed by atoms with E-state index in [1.165, 1.54) is 4.88 Å². The van der Waals surface area contributed by atoms with Crippen LogP contribution in [0.4, 0.5) is 5.69 Å². The minimum Gasteiger partial charge on any atom is -0.368 e. The first-order valence-electron chi connectivity index (χ1n) is 5.84. The van der Waals surface area contributed by atoms with Crippen molar-refractivity contribution in [2.45, 2.75) is 18.4 Å². The van der Waals surface area contributed by atoms with Crippen molar-refractivity contribution in [2.24, 2.45) is 0 Å². The summed E-state index contributed by atoms with van der Waals surface area (Å²) < 4.78 is 0. The molecule has 98 valence electrons. The zero-order chi connectivity index (χ0) is 13.8. The van der Waals surface area contributed by atoms with Gasteiger partial charge in [-0.25, -0.2) is 4.98 Å². The fourth-order valence-electron chi connectivity index (χ4n) is 1.90. The molecule has 0 saturated carbocycles. The van der Waals surface area contributed by atoms with E-state index < -0.39 is 0 Å². The zero-order valence-corrected chi connectivity index (χ0v) is 12.8. The van der Waals surface area contributed by atoms with E-state index in [-0.39, 0.29) is 0 Å². The summed E-state index contributed by atoms with van der Waals surface area (Å²) in [5, 5.41) is 9.36. The van der Waals surface area contributed by atoms with Crippen molar-refractivity contribution in [3.8, 4) is 6.07 Å². The molecule has 0 saturated heterocycles. The third-order valence-corrected chi connectivity index (χ3v) is 4.67. The molecule has 0 atom stereocenters. The van der Waals surface area contributed by atoms with Crippen molar-refractivity contribution >= 4 is 28.8 Å². The lowest BCUT2D eigenvalue weighted by Crippen LogP contribution is -2.17. The van der Waals surface area contributed by atoms with Crippen LogP contribution in [0.3, 0.4) is 0 Å². The van der Waals surface area contributed by atoms with Crippen LogP contribution in [0.1, 0.15) is 16.1 Å². The number of anilines is 1. The van der Waals surface area contributed by atoms with Crippen molar-refractivity contribution in [1.29, 1.82) is 5.26 Å². The highest BCUT2D eigenvalue weighted by Crippen LogP contribution is 2.29. The SMILES string of the molecule is CSc1cccc(N(C)Cc2scnc2C)c1C#N. The van der Waals surface area contributed by atoms with Gasteiger partial charge in [0.05, 0.1) is 29.0 Å². The van der Waals surface area contributed by atoms with Crippen LogP contribution >= 0.6 is 23.1 Å². The van der Waals surface area contributed by atoms with Crippen molar-refractivity contribution < 1.29 is 0 Å². The molecule has 1 heterocycles. The number of benzene rings is 1. The number of thioether (sulfide) groups is 1. The van der Waals surface area contributed by atoms with Crippen LogP contribution in [-0.2, 0) is 6.54 Å². The Bertz CT molecular complexity index is 613. The summed E-state index contributed by atoms with van der Waals surface area (Å²) in [6, 6.07) is 8.29. The van der Waals surface area contributed by atoms with E-state index in [0.29, 0.717) is 0 Å². The zero-order valence-electron chi connectivity index (χ0n) is 11.2. The van der Waals surface area contributed by atoms with Crippen molar-refractivity contribution in [3.63, 3.8) is 0 Å². The van der Waals surface area contributed by atoms with Gasteiger partial charge in [-0.05, 0) is 25.3 Å². The molecule has 0 N–H and O–H groups in total. The van der Waals surface area contributed by atoms with Gasteiger partial charge in [-0.15, -0.1) is 23.1 Å². The maximum atomic E-state index is 9.36. The molecule has 0 radical (unpaired) electrons. The van der Waals surface area contributed by atoms with Crippen molar-refractivity contribution in [2.75, 3.05) is 18.2 Å². The van der Waals surface area contributed by atoms with Gasteiger partial charge in [-0.3, -0.25) is 0 Å². The average Bonchev–Trinajstić information content (AvgIpc) is 2.83. The molecule has 0 bridgehead atoms. The number of aryl methyl sites for hydroxylation is 1. The first-order chi connectivity index (χ1) is 9.17. The first-order valence-corrected chi connectivity index (χ1v) is 7.95. The maximum absolute atomic E-state index is 9.36. The van der Waals surface area contributed by atoms with Gasteiger partial charge >= 0.3 is 0 Å². The number of rotatable bonds is 4. The monoisotopic (exact) mass is 289 g/mol. The van der Waals surface area contributed by atoms with Crippen LogP contribution in [0, 0.1) is 18.3 Å². The number of nitriles is 1. The van der Waals surface area contributed by atoms with E-state index >= 15 is 0 Å². The molecule has 5 heteroatoms. The Hall–Kier alpha value is -1.51. The molecule has 2 aromatic rings. The van der Waals surface area contributed by atoms with Gasteiger partial charge in [0.15, 0.2) is 0 Å². The second kappa shape index (κ2) is 6.09. The standard InChI is InChI=1S/C14H15N3S2/c1-10-14(19-9-16-10)8-17(2)12-5-4-6-13(18-3)11(12)7-15/h4-6,9H,8H2,1-3H3. The molecule has 1 aromatic carbocycles. The third-order valence-electron chi connectivity index (χ3n) is 2.97. The van der Waals surface area contributed by atoms with Gasteiger partial charge < -0.3 is 4.90 Å². The van der Waals surface area contributed by atoms with Gasteiger partial charge in [0, 0.05) is 16.8 Å². The fraction of sp³-hybridized carbons (Fsp3) is 0.286. The molecule has 0 fully saturated rings. The van der Waals surface area contributed by atoms with Gasteiger partial charge in [0.25, 0.3) is 0 Å². The fourth-order valence-corrected chi connectivity index (χ4v) is 3.30. The molecule has 19 heavy (non-hydrogen) atoms. The topological polar surface area (TPSA) is 39.9 Å². The van der Waals surface area contributed by atoms with Crippen LogP contribution in [0.5, 0.6) is 0 Å². The molecule has 0 spiro atoms. The Morgan fingerprint density at radius 2 is 2.26 bits per heavy atom. The maximum Gasteiger partial charge on any atom is 0.103 e. The third kappa shape index (κ3) is 2.91. The smallest absolute Gasteiger partial charge is 0.103 e. The lowest BCUT2D eigenvalue weighted by Gasteiger charge is -2.21. The van der Waals surface area contributed by atoms with Gasteiger partial charge in [-0.1, -0.05) is 6.07 Å². The molecular formula is C14H15N3S2. The number of thiazole rings is 1. The molecule has 3 nitrogen and oxygen atoms in total. The van der Waals surface area contributed by atoms with E-state index in [9.17, 15) is 5.26 Å². The normalized spacial score (nSPS) is 10.2. The molecule has 0 aliphatic rings. The molecule has 0 aliphatic carbocycles. The van der Waals surface area contributed by atoms with Crippen LogP contribution in [0.25, 0.3) is 0 Å². The predicted molar refractivity (Wildman–Crippen MR) is 81.9 cm³/mol. The number of aromatic nitrogens is 1. The van der Waals surface area contributed by atoms with Crippen LogP contribution in [-0.4, -0.2) is 18.3 Å². The number of hydrogen-bond donors (Lipinski definition) is 0. The summed E-state index contributed by atoms with van der Waals surface area (Å²) >= 11 is 3.26. The second-order valence-electron chi connectivity index (χ2n) is 4.18. The summed E-state index contributed by atoms with van der Waals surface area (Å²) in [6.07, 6.45) is 1.99. The van der Waals surface area contributed by atoms with E-state index in [2.05, 4.69) is 16.0 Å². The van der Waals surface area contributed by atoms with E-state index in [0.717, 1.165) is 28.4 Å².